The monoisotopic (exact) mass is 773 g/mol. The van der Waals surface area contributed by atoms with Gasteiger partial charge in [-0.25, -0.2) is 4.57 Å². The Morgan fingerprint density at radius 1 is 0.500 bits per heavy atom. The molecule has 0 fully saturated rings. The third-order valence-corrected chi connectivity index (χ3v) is 8.95. The number of unbranched alkanes of at least 4 members (excludes halogenated alkanes) is 8. The molecule has 0 aliphatic heterocycles. The molecule has 0 bridgehead atoms. The molecule has 0 radical (unpaired) electrons. The molecule has 0 saturated heterocycles. The van der Waals surface area contributed by atoms with E-state index in [-0.39, 0.29) is 26.1 Å². The molecule has 306 valence electrons. The van der Waals surface area contributed by atoms with Gasteiger partial charge in [-0.05, 0) is 90.4 Å². The van der Waals surface area contributed by atoms with Crippen LogP contribution >= 0.6 is 7.82 Å². The summed E-state index contributed by atoms with van der Waals surface area (Å²) >= 11 is 0. The Balaban J connectivity index is 4.25. The second-order valence-corrected chi connectivity index (χ2v) is 14.3. The lowest BCUT2D eigenvalue weighted by Crippen LogP contribution is -2.29. The van der Waals surface area contributed by atoms with Crippen molar-refractivity contribution < 1.29 is 37.6 Å². The second kappa shape index (κ2) is 39.7. The van der Waals surface area contributed by atoms with Crippen LogP contribution in [-0.4, -0.2) is 42.8 Å². The molecule has 54 heavy (non-hydrogen) atoms. The lowest BCUT2D eigenvalue weighted by atomic mass is 10.1. The fourth-order valence-electron chi connectivity index (χ4n) is 4.97. The van der Waals surface area contributed by atoms with Crippen LogP contribution in [0.2, 0.25) is 0 Å². The van der Waals surface area contributed by atoms with Crippen LogP contribution in [0.5, 0.6) is 0 Å². The van der Waals surface area contributed by atoms with Crippen molar-refractivity contribution in [1.82, 2.24) is 0 Å². The molecule has 2 unspecified atom stereocenters. The molecule has 2 atom stereocenters. The van der Waals surface area contributed by atoms with Crippen molar-refractivity contribution in [2.24, 2.45) is 0 Å². The highest BCUT2D eigenvalue weighted by Gasteiger charge is 2.25. The zero-order chi connectivity index (χ0) is 39.6. The average Bonchev–Trinajstić information content (AvgIpc) is 3.15. The molecular formula is C45H73O8P. The van der Waals surface area contributed by atoms with Gasteiger partial charge in [-0.1, -0.05) is 143 Å². The summed E-state index contributed by atoms with van der Waals surface area (Å²) in [6, 6.07) is 0. The van der Waals surface area contributed by atoms with Gasteiger partial charge in [0.2, 0.25) is 0 Å². The van der Waals surface area contributed by atoms with Crippen LogP contribution in [0.25, 0.3) is 0 Å². The number of rotatable bonds is 36. The smallest absolute Gasteiger partial charge is 0.462 e. The molecule has 0 heterocycles. The normalized spacial score (nSPS) is 14.4. The van der Waals surface area contributed by atoms with Crippen LogP contribution in [0.1, 0.15) is 149 Å². The number of hydrogen-bond donors (Lipinski definition) is 1. The summed E-state index contributed by atoms with van der Waals surface area (Å²) < 4.78 is 32.5. The Kier molecular flexibility index (Phi) is 37.4. The van der Waals surface area contributed by atoms with Gasteiger partial charge in [0, 0.05) is 12.8 Å². The minimum Gasteiger partial charge on any atom is -0.462 e. The second-order valence-electron chi connectivity index (χ2n) is 12.9. The van der Waals surface area contributed by atoms with Crippen LogP contribution < -0.4 is 0 Å². The number of esters is 2. The van der Waals surface area contributed by atoms with Gasteiger partial charge in [0.25, 0.3) is 0 Å². The highest BCUT2D eigenvalue weighted by Crippen LogP contribution is 2.43. The van der Waals surface area contributed by atoms with Crippen molar-refractivity contribution >= 4 is 19.8 Å². The molecule has 0 aromatic rings. The fourth-order valence-corrected chi connectivity index (χ4v) is 5.73. The summed E-state index contributed by atoms with van der Waals surface area (Å²) in [7, 11) is -4.30. The first-order valence-electron chi connectivity index (χ1n) is 20.5. The average molecular weight is 773 g/mol. The molecular weight excluding hydrogens is 699 g/mol. The topological polar surface area (TPSA) is 108 Å². The van der Waals surface area contributed by atoms with E-state index in [0.717, 1.165) is 83.5 Å². The molecule has 0 rings (SSSR count). The maximum Gasteiger partial charge on any atom is 0.472 e. The molecule has 0 amide bonds. The standard InChI is InChI=1S/C45H73O8P/c1-4-7-9-11-13-15-17-19-21-23-25-27-29-31-33-35-37-39-44(46)50-41-43(42-52-54(48,49)51-6-3)53-45(47)40-38-36-34-32-30-28-26-24-22-20-18-16-14-12-10-8-5-2/h7-10,13-16,19-22,26,28,32,34,43H,4-6,11-12,17-18,23-25,27,29-31,33,35-42H2,1-3H3,(H,48,49)/b9-7-,10-8-,15-13-,16-14-,21-19-,22-20-,28-26-,34-32-. The Labute approximate surface area is 328 Å². The Hall–Kier alpha value is -3.03. The molecule has 0 aromatic carbocycles. The summed E-state index contributed by atoms with van der Waals surface area (Å²) in [4.78, 5) is 34.7. The van der Waals surface area contributed by atoms with E-state index in [2.05, 4.69) is 105 Å². The number of carbonyl (C=O) groups excluding carboxylic acids is 2. The summed E-state index contributed by atoms with van der Waals surface area (Å²) in [5.74, 6) is -0.888. The van der Waals surface area contributed by atoms with E-state index >= 15 is 0 Å². The number of allylic oxidation sites excluding steroid dienone is 16. The predicted octanol–water partition coefficient (Wildman–Crippen LogP) is 12.9. The summed E-state index contributed by atoms with van der Waals surface area (Å²) in [5, 5.41) is 0. The van der Waals surface area contributed by atoms with Gasteiger partial charge >= 0.3 is 19.8 Å². The van der Waals surface area contributed by atoms with Crippen molar-refractivity contribution in [2.45, 2.75) is 155 Å². The maximum atomic E-state index is 12.5. The zero-order valence-electron chi connectivity index (χ0n) is 33.8. The van der Waals surface area contributed by atoms with E-state index in [4.69, 9.17) is 18.5 Å². The van der Waals surface area contributed by atoms with E-state index in [1.165, 1.54) is 19.3 Å². The van der Waals surface area contributed by atoms with Gasteiger partial charge in [0.05, 0.1) is 13.2 Å². The SMILES string of the molecule is CC/C=C\C/C=C\C/C=C\C/C=C\C/C=C\CCCC(=O)OC(COC(=O)CCCCCCCCC/C=C\C/C=C\C/C=C\CC)COP(=O)(O)OCC. The number of ether oxygens (including phenoxy) is 2. The van der Waals surface area contributed by atoms with Crippen molar-refractivity contribution in [3.05, 3.63) is 97.2 Å². The Bertz CT molecular complexity index is 1190. The molecule has 0 spiro atoms. The molecule has 0 saturated carbocycles. The molecule has 1 N–H and O–H groups in total. The Morgan fingerprint density at radius 2 is 0.907 bits per heavy atom. The predicted molar refractivity (Wildman–Crippen MR) is 225 cm³/mol. The van der Waals surface area contributed by atoms with Crippen molar-refractivity contribution in [3.63, 3.8) is 0 Å². The van der Waals surface area contributed by atoms with Gasteiger partial charge in [-0.3, -0.25) is 18.6 Å². The summed E-state index contributed by atoms with van der Waals surface area (Å²) in [6.45, 7) is 5.14. The third-order valence-electron chi connectivity index (χ3n) is 7.89. The van der Waals surface area contributed by atoms with Crippen molar-refractivity contribution in [3.8, 4) is 0 Å². The summed E-state index contributed by atoms with van der Waals surface area (Å²) in [5.41, 5.74) is 0. The third kappa shape index (κ3) is 38.7. The van der Waals surface area contributed by atoms with Crippen LogP contribution in [-0.2, 0) is 32.7 Å². The first kappa shape index (κ1) is 51.0. The van der Waals surface area contributed by atoms with Crippen molar-refractivity contribution in [2.75, 3.05) is 19.8 Å². The van der Waals surface area contributed by atoms with Crippen LogP contribution in [0.4, 0.5) is 0 Å². The van der Waals surface area contributed by atoms with Crippen LogP contribution in [0, 0.1) is 0 Å². The van der Waals surface area contributed by atoms with Gasteiger partial charge in [-0.2, -0.15) is 0 Å². The maximum absolute atomic E-state index is 12.5. The number of phosphoric acid groups is 1. The van der Waals surface area contributed by atoms with E-state index in [1.807, 2.05) is 6.08 Å². The quantitative estimate of drug-likeness (QED) is 0.0290. The van der Waals surface area contributed by atoms with Crippen molar-refractivity contribution in [1.29, 1.82) is 0 Å². The van der Waals surface area contributed by atoms with Crippen LogP contribution in [0.15, 0.2) is 97.2 Å². The number of hydrogen-bond acceptors (Lipinski definition) is 7. The zero-order valence-corrected chi connectivity index (χ0v) is 34.7. The fraction of sp³-hybridized carbons (Fsp3) is 0.600. The highest BCUT2D eigenvalue weighted by atomic mass is 31.2. The van der Waals surface area contributed by atoms with E-state index in [0.29, 0.717) is 12.8 Å². The first-order chi connectivity index (χ1) is 26.3. The van der Waals surface area contributed by atoms with Gasteiger partial charge in [0.1, 0.15) is 6.61 Å². The minimum absolute atomic E-state index is 0.0177. The molecule has 8 nitrogen and oxygen atoms in total. The van der Waals surface area contributed by atoms with Crippen LogP contribution in [0.3, 0.4) is 0 Å². The number of carbonyl (C=O) groups is 2. The van der Waals surface area contributed by atoms with Gasteiger partial charge in [-0.15, -0.1) is 0 Å². The van der Waals surface area contributed by atoms with E-state index in [9.17, 15) is 19.0 Å². The molecule has 0 aliphatic rings. The van der Waals surface area contributed by atoms with E-state index in [1.54, 1.807) is 6.92 Å². The molecule has 0 aliphatic carbocycles. The largest absolute Gasteiger partial charge is 0.472 e. The summed E-state index contributed by atoms with van der Waals surface area (Å²) in [6.07, 6.45) is 51.8. The Morgan fingerprint density at radius 3 is 1.39 bits per heavy atom. The first-order valence-corrected chi connectivity index (χ1v) is 22.0. The number of phosphoric ester groups is 1. The lowest BCUT2D eigenvalue weighted by Gasteiger charge is -2.19. The molecule has 0 aromatic heterocycles. The van der Waals surface area contributed by atoms with E-state index < -0.39 is 32.5 Å². The lowest BCUT2D eigenvalue weighted by molar-refractivity contribution is -0.161. The minimum atomic E-state index is -4.30. The van der Waals surface area contributed by atoms with Gasteiger partial charge < -0.3 is 14.4 Å². The van der Waals surface area contributed by atoms with Gasteiger partial charge in [0.15, 0.2) is 6.10 Å². The molecule has 9 heteroatoms. The highest BCUT2D eigenvalue weighted by molar-refractivity contribution is 7.47.